The summed E-state index contributed by atoms with van der Waals surface area (Å²) >= 11 is 1.42. The molecule has 2 N–H and O–H groups in total. The fraction of sp³-hybridized carbons (Fsp3) is 0.238. The van der Waals surface area contributed by atoms with Crippen LogP contribution in [0.25, 0.3) is 0 Å². The van der Waals surface area contributed by atoms with Crippen LogP contribution in [0.5, 0.6) is 0 Å². The summed E-state index contributed by atoms with van der Waals surface area (Å²) in [5.41, 5.74) is 6.93. The zero-order valence-corrected chi connectivity index (χ0v) is 16.0. The van der Waals surface area contributed by atoms with E-state index in [1.807, 2.05) is 17.5 Å². The molecule has 1 aliphatic carbocycles. The van der Waals surface area contributed by atoms with E-state index in [0.29, 0.717) is 30.5 Å². The number of nitrogens with zero attached hydrogens (tertiary/aromatic N) is 2. The van der Waals surface area contributed by atoms with Crippen molar-refractivity contribution in [3.63, 3.8) is 0 Å². The van der Waals surface area contributed by atoms with E-state index in [0.717, 1.165) is 17.0 Å². The second kappa shape index (κ2) is 7.08. The Bertz CT molecular complexity index is 1080. The van der Waals surface area contributed by atoms with E-state index >= 15 is 0 Å². The van der Waals surface area contributed by atoms with E-state index in [9.17, 15) is 23.2 Å². The molecule has 0 radical (unpaired) electrons. The van der Waals surface area contributed by atoms with Gasteiger partial charge in [0.1, 0.15) is 5.82 Å². The molecule has 1 aromatic carbocycles. The number of nitriles is 1. The van der Waals surface area contributed by atoms with E-state index in [-0.39, 0.29) is 22.9 Å². The van der Waals surface area contributed by atoms with Gasteiger partial charge in [0.2, 0.25) is 0 Å². The van der Waals surface area contributed by atoms with Crippen molar-refractivity contribution in [1.82, 2.24) is 0 Å². The van der Waals surface area contributed by atoms with E-state index < -0.39 is 17.7 Å². The van der Waals surface area contributed by atoms with Gasteiger partial charge in [0.25, 0.3) is 0 Å². The third-order valence-electron chi connectivity index (χ3n) is 5.17. The van der Waals surface area contributed by atoms with E-state index in [1.54, 1.807) is 0 Å². The van der Waals surface area contributed by atoms with Crippen molar-refractivity contribution in [3.8, 4) is 6.07 Å². The van der Waals surface area contributed by atoms with Gasteiger partial charge in [0, 0.05) is 28.3 Å². The third-order valence-corrected chi connectivity index (χ3v) is 6.11. The Labute approximate surface area is 169 Å². The molecule has 0 amide bonds. The number of hydrogen-bond acceptors (Lipinski definition) is 5. The quantitative estimate of drug-likeness (QED) is 0.743. The fourth-order valence-electron chi connectivity index (χ4n) is 3.94. The highest BCUT2D eigenvalue weighted by Gasteiger charge is 2.41. The number of alkyl halides is 3. The van der Waals surface area contributed by atoms with E-state index in [1.165, 1.54) is 28.4 Å². The predicted molar refractivity (Wildman–Crippen MR) is 104 cm³/mol. The molecular formula is C21H16F3N3OS. The average Bonchev–Trinajstić information content (AvgIpc) is 3.21. The average molecular weight is 415 g/mol. The molecule has 2 heterocycles. The molecule has 2 aromatic rings. The summed E-state index contributed by atoms with van der Waals surface area (Å²) in [5, 5.41) is 11.7. The maximum atomic E-state index is 13.2. The maximum Gasteiger partial charge on any atom is 0.416 e. The van der Waals surface area contributed by atoms with Gasteiger partial charge in [-0.1, -0.05) is 12.1 Å². The third kappa shape index (κ3) is 3.21. The summed E-state index contributed by atoms with van der Waals surface area (Å²) in [6.07, 6.45) is -3.09. The number of carbonyl (C=O) groups is 1. The predicted octanol–water partition coefficient (Wildman–Crippen LogP) is 5.07. The second-order valence-corrected chi connectivity index (χ2v) is 7.86. The Kier molecular flexibility index (Phi) is 4.71. The molecule has 8 heteroatoms. The molecular weight excluding hydrogens is 399 g/mol. The summed E-state index contributed by atoms with van der Waals surface area (Å²) in [5.74, 6) is -0.606. The highest BCUT2D eigenvalue weighted by atomic mass is 32.1. The van der Waals surface area contributed by atoms with Gasteiger partial charge < -0.3 is 5.73 Å². The highest BCUT2D eigenvalue weighted by Crippen LogP contribution is 2.47. The first-order chi connectivity index (χ1) is 13.8. The number of ketones is 1. The van der Waals surface area contributed by atoms with Crippen molar-refractivity contribution in [3.05, 3.63) is 74.9 Å². The molecule has 0 saturated heterocycles. The van der Waals surface area contributed by atoms with Gasteiger partial charge >= 0.3 is 6.18 Å². The van der Waals surface area contributed by atoms with Crippen LogP contribution in [0.2, 0.25) is 0 Å². The van der Waals surface area contributed by atoms with Crippen LogP contribution in [0.15, 0.2) is 64.4 Å². The van der Waals surface area contributed by atoms with Crippen LogP contribution in [0, 0.1) is 11.3 Å². The zero-order valence-electron chi connectivity index (χ0n) is 15.2. The normalized spacial score (nSPS) is 20.0. The number of hydrogen-bond donors (Lipinski definition) is 1. The van der Waals surface area contributed by atoms with Crippen LogP contribution >= 0.6 is 11.3 Å². The van der Waals surface area contributed by atoms with Crippen LogP contribution in [0.1, 0.15) is 35.6 Å². The lowest BCUT2D eigenvalue weighted by molar-refractivity contribution is -0.137. The maximum absolute atomic E-state index is 13.2. The van der Waals surface area contributed by atoms with Gasteiger partial charge in [-0.2, -0.15) is 18.4 Å². The number of thiophene rings is 1. The molecule has 0 fully saturated rings. The standard InChI is InChI=1S/C21H16F3N3OS/c22-21(23,24)12-4-1-5-13(10-12)27-15-6-2-7-16(28)19(15)18(14(11-25)20(27)26)17-8-3-9-29-17/h1,3-5,8-10,18H,2,6-7,26H2. The minimum atomic E-state index is -4.51. The molecule has 29 heavy (non-hydrogen) atoms. The molecule has 1 aromatic heterocycles. The Hall–Kier alpha value is -3.05. The number of allylic oxidation sites excluding steroid dienone is 3. The summed E-state index contributed by atoms with van der Waals surface area (Å²) in [6.45, 7) is 0. The molecule has 1 atom stereocenters. The number of rotatable bonds is 2. The van der Waals surface area contributed by atoms with Crippen molar-refractivity contribution in [1.29, 1.82) is 5.26 Å². The number of benzene rings is 1. The molecule has 0 spiro atoms. The van der Waals surface area contributed by atoms with Crippen molar-refractivity contribution < 1.29 is 18.0 Å². The van der Waals surface area contributed by atoms with Crippen LogP contribution in [-0.2, 0) is 11.0 Å². The molecule has 0 bridgehead atoms. The van der Waals surface area contributed by atoms with E-state index in [2.05, 4.69) is 6.07 Å². The van der Waals surface area contributed by atoms with Gasteiger partial charge in [-0.15, -0.1) is 11.3 Å². The van der Waals surface area contributed by atoms with Gasteiger partial charge in [0.15, 0.2) is 5.78 Å². The van der Waals surface area contributed by atoms with Gasteiger partial charge in [-0.3, -0.25) is 9.69 Å². The summed E-state index contributed by atoms with van der Waals surface area (Å²) in [6, 6.07) is 10.6. The van der Waals surface area contributed by atoms with Gasteiger partial charge in [-0.05, 0) is 42.5 Å². The lowest BCUT2D eigenvalue weighted by Crippen LogP contribution is -2.38. The molecule has 4 rings (SSSR count). The van der Waals surface area contributed by atoms with Crippen molar-refractivity contribution in [2.45, 2.75) is 31.4 Å². The molecule has 2 aliphatic rings. The van der Waals surface area contributed by atoms with Crippen LogP contribution in [-0.4, -0.2) is 5.78 Å². The molecule has 1 unspecified atom stereocenters. The lowest BCUT2D eigenvalue weighted by atomic mass is 9.78. The summed E-state index contributed by atoms with van der Waals surface area (Å²) < 4.78 is 39.7. The minimum Gasteiger partial charge on any atom is -0.384 e. The first-order valence-electron chi connectivity index (χ1n) is 8.99. The monoisotopic (exact) mass is 415 g/mol. The number of nitrogens with two attached hydrogens (primary N) is 1. The fourth-order valence-corrected chi connectivity index (χ4v) is 4.79. The van der Waals surface area contributed by atoms with Crippen LogP contribution < -0.4 is 10.6 Å². The summed E-state index contributed by atoms with van der Waals surface area (Å²) in [7, 11) is 0. The largest absolute Gasteiger partial charge is 0.416 e. The Morgan fingerprint density at radius 3 is 2.66 bits per heavy atom. The zero-order chi connectivity index (χ0) is 20.8. The Morgan fingerprint density at radius 1 is 1.21 bits per heavy atom. The van der Waals surface area contributed by atoms with Gasteiger partial charge in [0.05, 0.1) is 23.1 Å². The Balaban J connectivity index is 1.95. The van der Waals surface area contributed by atoms with Crippen molar-refractivity contribution >= 4 is 22.8 Å². The topological polar surface area (TPSA) is 70.1 Å². The lowest BCUT2D eigenvalue weighted by Gasteiger charge is -2.39. The number of anilines is 1. The van der Waals surface area contributed by atoms with Gasteiger partial charge in [-0.25, -0.2) is 0 Å². The molecule has 4 nitrogen and oxygen atoms in total. The molecule has 0 saturated carbocycles. The number of carbonyl (C=O) groups excluding carboxylic acids is 1. The highest BCUT2D eigenvalue weighted by molar-refractivity contribution is 7.10. The van der Waals surface area contributed by atoms with Crippen LogP contribution in [0.3, 0.4) is 0 Å². The molecule has 148 valence electrons. The number of halogens is 3. The minimum absolute atomic E-state index is 0.0682. The number of Topliss-reactive ketones (excluding diaryl/α,β-unsaturated/α-hetero) is 1. The van der Waals surface area contributed by atoms with E-state index in [4.69, 9.17) is 5.73 Å². The first-order valence-corrected chi connectivity index (χ1v) is 9.87. The molecule has 1 aliphatic heterocycles. The SMILES string of the molecule is N#CC1=C(N)N(c2cccc(C(F)(F)F)c2)C2=C(C(=O)CCC2)C1c1cccs1. The second-order valence-electron chi connectivity index (χ2n) is 6.88. The first kappa shape index (κ1) is 19.3. The van der Waals surface area contributed by atoms with Crippen molar-refractivity contribution in [2.24, 2.45) is 5.73 Å². The summed E-state index contributed by atoms with van der Waals surface area (Å²) in [4.78, 5) is 15.1. The Morgan fingerprint density at radius 2 is 2.00 bits per heavy atom. The smallest absolute Gasteiger partial charge is 0.384 e. The van der Waals surface area contributed by atoms with Crippen LogP contribution in [0.4, 0.5) is 18.9 Å². The van der Waals surface area contributed by atoms with Crippen molar-refractivity contribution in [2.75, 3.05) is 4.90 Å².